The van der Waals surface area contributed by atoms with Crippen LogP contribution >= 0.6 is 0 Å². The van der Waals surface area contributed by atoms with Gasteiger partial charge in [0, 0.05) is 21.6 Å². The normalized spacial score (nSPS) is 14.7. The number of benzene rings is 1. The van der Waals surface area contributed by atoms with Crippen LogP contribution in [0, 0.1) is 13.8 Å². The number of ketones is 1. The molecule has 0 aliphatic rings. The number of aryl methyl sites for hydroxylation is 2. The van der Waals surface area contributed by atoms with Gasteiger partial charge in [0.1, 0.15) is 0 Å². The van der Waals surface area contributed by atoms with Crippen molar-refractivity contribution in [3.05, 3.63) is 34.9 Å². The third-order valence-corrected chi connectivity index (χ3v) is 4.68. The van der Waals surface area contributed by atoms with Gasteiger partial charge in [-0.3, -0.25) is 9.00 Å². The van der Waals surface area contributed by atoms with Crippen molar-refractivity contribution in [3.8, 4) is 0 Å². The van der Waals surface area contributed by atoms with Crippen molar-refractivity contribution >= 4 is 16.6 Å². The van der Waals surface area contributed by atoms with E-state index in [0.29, 0.717) is 5.56 Å². The topological polar surface area (TPSA) is 34.1 Å². The molecule has 17 heavy (non-hydrogen) atoms. The van der Waals surface area contributed by atoms with E-state index < -0.39 is 16.0 Å². The van der Waals surface area contributed by atoms with Crippen molar-refractivity contribution in [1.29, 1.82) is 0 Å². The molecule has 0 fully saturated rings. The molecule has 1 aromatic carbocycles. The highest BCUT2D eigenvalue weighted by Gasteiger charge is 2.24. The highest BCUT2D eigenvalue weighted by molar-refractivity contribution is 7.87. The molecule has 2 atom stereocenters. The molecule has 3 heteroatoms. The minimum absolute atomic E-state index is 0.0130. The quantitative estimate of drug-likeness (QED) is 0.772. The second-order valence-electron chi connectivity index (χ2n) is 4.70. The second-order valence-corrected chi connectivity index (χ2v) is 7.01. The lowest BCUT2D eigenvalue weighted by atomic mass is 10.0. The molecule has 2 unspecified atom stereocenters. The zero-order chi connectivity index (χ0) is 13.2. The third-order valence-electron chi connectivity index (χ3n) is 2.84. The van der Waals surface area contributed by atoms with Crippen molar-refractivity contribution in [2.24, 2.45) is 0 Å². The lowest BCUT2D eigenvalue weighted by Crippen LogP contribution is -2.28. The Hall–Kier alpha value is -0.960. The zero-order valence-electron chi connectivity index (χ0n) is 11.1. The summed E-state index contributed by atoms with van der Waals surface area (Å²) in [4.78, 5) is 12.3. The summed E-state index contributed by atoms with van der Waals surface area (Å²) in [6, 6.07) is 5.80. The fraction of sp³-hybridized carbons (Fsp3) is 0.500. The maximum atomic E-state index is 12.3. The summed E-state index contributed by atoms with van der Waals surface area (Å²) < 4.78 is 11.9. The van der Waals surface area contributed by atoms with Crippen molar-refractivity contribution in [1.82, 2.24) is 0 Å². The van der Waals surface area contributed by atoms with Gasteiger partial charge in [-0.15, -0.1) is 0 Å². The van der Waals surface area contributed by atoms with E-state index in [9.17, 15) is 9.00 Å². The first-order chi connectivity index (χ1) is 7.84. The molecular formula is C14H20O2S. The minimum atomic E-state index is -1.11. The summed E-state index contributed by atoms with van der Waals surface area (Å²) >= 11 is 0. The summed E-state index contributed by atoms with van der Waals surface area (Å²) in [5.74, 6) is -0.0155. The lowest BCUT2D eigenvalue weighted by Gasteiger charge is -2.14. The van der Waals surface area contributed by atoms with Crippen LogP contribution < -0.4 is 0 Å². The van der Waals surface area contributed by atoms with Gasteiger partial charge in [0.2, 0.25) is 0 Å². The predicted octanol–water partition coefficient (Wildman–Crippen LogP) is 3.03. The first kappa shape index (κ1) is 14.1. The van der Waals surface area contributed by atoms with Gasteiger partial charge >= 0.3 is 0 Å². The van der Waals surface area contributed by atoms with Crippen LogP contribution in [0.1, 0.15) is 42.3 Å². The average molecular weight is 252 g/mol. The van der Waals surface area contributed by atoms with Gasteiger partial charge in [0.05, 0.1) is 5.25 Å². The molecule has 0 N–H and O–H groups in total. The fourth-order valence-corrected chi connectivity index (χ4v) is 2.89. The number of rotatable bonds is 4. The summed E-state index contributed by atoms with van der Waals surface area (Å²) in [5, 5.41) is -0.422. The van der Waals surface area contributed by atoms with Crippen LogP contribution in [0.25, 0.3) is 0 Å². The number of carbonyl (C=O) groups is 1. The van der Waals surface area contributed by atoms with E-state index in [-0.39, 0.29) is 11.0 Å². The zero-order valence-corrected chi connectivity index (χ0v) is 11.9. The maximum Gasteiger partial charge on any atom is 0.178 e. The van der Waals surface area contributed by atoms with Crippen molar-refractivity contribution in [2.75, 3.05) is 0 Å². The van der Waals surface area contributed by atoms with Crippen LogP contribution in [0.3, 0.4) is 0 Å². The fourth-order valence-electron chi connectivity index (χ4n) is 1.73. The average Bonchev–Trinajstić information content (AvgIpc) is 2.29. The Morgan fingerprint density at radius 1 is 1.18 bits per heavy atom. The number of hydrogen-bond donors (Lipinski definition) is 0. The molecule has 2 nitrogen and oxygen atoms in total. The van der Waals surface area contributed by atoms with Gasteiger partial charge in [-0.05, 0) is 32.4 Å². The summed E-state index contributed by atoms with van der Waals surface area (Å²) in [6.45, 7) is 9.38. The van der Waals surface area contributed by atoms with Crippen molar-refractivity contribution in [3.63, 3.8) is 0 Å². The van der Waals surface area contributed by atoms with E-state index >= 15 is 0 Å². The molecule has 0 amide bonds. The first-order valence-electron chi connectivity index (χ1n) is 5.85. The van der Waals surface area contributed by atoms with Crippen molar-refractivity contribution in [2.45, 2.75) is 45.1 Å². The second kappa shape index (κ2) is 5.58. The van der Waals surface area contributed by atoms with E-state index in [1.807, 2.05) is 45.9 Å². The molecule has 0 saturated heterocycles. The van der Waals surface area contributed by atoms with Gasteiger partial charge in [-0.1, -0.05) is 31.5 Å². The molecule has 0 saturated carbocycles. The van der Waals surface area contributed by atoms with Gasteiger partial charge < -0.3 is 0 Å². The molecule has 0 heterocycles. The Kier molecular flexibility index (Phi) is 4.63. The standard InChI is InChI=1S/C14H20O2S/c1-9(2)17(16)12(5)14(15)13-8-10(3)6-7-11(13)4/h6-9,12H,1-5H3. The summed E-state index contributed by atoms with van der Waals surface area (Å²) in [5.41, 5.74) is 2.71. The van der Waals surface area contributed by atoms with E-state index in [0.717, 1.165) is 11.1 Å². The third kappa shape index (κ3) is 3.25. The number of Topliss-reactive ketones (excluding diaryl/α,β-unsaturated/α-hetero) is 1. The smallest absolute Gasteiger partial charge is 0.178 e. The molecular weight excluding hydrogens is 232 g/mol. The molecule has 0 aliphatic heterocycles. The molecule has 0 bridgehead atoms. The van der Waals surface area contributed by atoms with E-state index in [4.69, 9.17) is 0 Å². The number of carbonyl (C=O) groups excluding carboxylic acids is 1. The van der Waals surface area contributed by atoms with E-state index in [2.05, 4.69) is 0 Å². The van der Waals surface area contributed by atoms with Crippen LogP contribution in [-0.2, 0) is 10.8 Å². The van der Waals surface area contributed by atoms with Gasteiger partial charge in [-0.25, -0.2) is 0 Å². The Morgan fingerprint density at radius 3 is 2.29 bits per heavy atom. The molecule has 0 spiro atoms. The molecule has 1 aromatic rings. The van der Waals surface area contributed by atoms with Crippen LogP contribution in [-0.4, -0.2) is 20.5 Å². The molecule has 0 aliphatic carbocycles. The maximum absolute atomic E-state index is 12.3. The van der Waals surface area contributed by atoms with Crippen LogP contribution in [0.4, 0.5) is 0 Å². The van der Waals surface area contributed by atoms with Crippen molar-refractivity contribution < 1.29 is 9.00 Å². The summed E-state index contributed by atoms with van der Waals surface area (Å²) in [6.07, 6.45) is 0. The van der Waals surface area contributed by atoms with Gasteiger partial charge in [0.15, 0.2) is 5.78 Å². The van der Waals surface area contributed by atoms with Crippen LogP contribution in [0.5, 0.6) is 0 Å². The highest BCUT2D eigenvalue weighted by atomic mass is 32.2. The van der Waals surface area contributed by atoms with Gasteiger partial charge in [-0.2, -0.15) is 0 Å². The Morgan fingerprint density at radius 2 is 1.76 bits per heavy atom. The SMILES string of the molecule is Cc1ccc(C)c(C(=O)C(C)S(=O)C(C)C)c1. The molecule has 0 aromatic heterocycles. The van der Waals surface area contributed by atoms with Gasteiger partial charge in [0.25, 0.3) is 0 Å². The number of hydrogen-bond acceptors (Lipinski definition) is 2. The predicted molar refractivity (Wildman–Crippen MR) is 73.0 cm³/mol. The first-order valence-corrected chi connectivity index (χ1v) is 7.13. The Balaban J connectivity index is 3.04. The van der Waals surface area contributed by atoms with Crippen LogP contribution in [0.2, 0.25) is 0 Å². The molecule has 94 valence electrons. The summed E-state index contributed by atoms with van der Waals surface area (Å²) in [7, 11) is -1.11. The highest BCUT2D eigenvalue weighted by Crippen LogP contribution is 2.16. The Labute approximate surface area is 106 Å². The lowest BCUT2D eigenvalue weighted by molar-refractivity contribution is 0.0992. The molecule has 0 radical (unpaired) electrons. The largest absolute Gasteiger partial charge is 0.293 e. The van der Waals surface area contributed by atoms with Crippen LogP contribution in [0.15, 0.2) is 18.2 Å². The van der Waals surface area contributed by atoms with E-state index in [1.165, 1.54) is 0 Å². The molecule has 1 rings (SSSR count). The monoisotopic (exact) mass is 252 g/mol. The minimum Gasteiger partial charge on any atom is -0.293 e. The van der Waals surface area contributed by atoms with E-state index in [1.54, 1.807) is 6.92 Å². The Bertz CT molecular complexity index is 450.